The number of aryl methyl sites for hydroxylation is 1. The molecule has 0 saturated carbocycles. The Hall–Kier alpha value is -1.06. The Balaban J connectivity index is 2.03. The summed E-state index contributed by atoms with van der Waals surface area (Å²) in [5, 5.41) is 17.6. The molecule has 3 nitrogen and oxygen atoms in total. The van der Waals surface area contributed by atoms with Gasteiger partial charge in [-0.15, -0.1) is 0 Å². The fraction of sp³-hybridized carbons (Fsp3) is 0.625. The molecule has 0 bridgehead atoms. The van der Waals surface area contributed by atoms with Crippen LogP contribution in [-0.2, 0) is 6.42 Å². The number of hydrogen-bond donors (Lipinski definition) is 3. The van der Waals surface area contributed by atoms with Crippen molar-refractivity contribution in [2.45, 2.75) is 57.7 Å². The van der Waals surface area contributed by atoms with Gasteiger partial charge in [-0.25, -0.2) is 0 Å². The maximum atomic E-state index is 10.7. The molecule has 0 fully saturated rings. The number of para-hydroxylation sites is 1. The molecule has 106 valence electrons. The Kier molecular flexibility index (Phi) is 3.88. The van der Waals surface area contributed by atoms with Gasteiger partial charge in [0.15, 0.2) is 0 Å². The average Bonchev–Trinajstić information content (AvgIpc) is 2.35. The van der Waals surface area contributed by atoms with E-state index in [0.29, 0.717) is 6.54 Å². The lowest BCUT2D eigenvalue weighted by molar-refractivity contribution is 0.0304. The summed E-state index contributed by atoms with van der Waals surface area (Å²) >= 11 is 0. The second kappa shape index (κ2) is 5.14. The molecule has 1 aromatic carbocycles. The van der Waals surface area contributed by atoms with Crippen LogP contribution < -0.4 is 10.6 Å². The van der Waals surface area contributed by atoms with Crippen LogP contribution in [-0.4, -0.2) is 28.8 Å². The first-order valence-corrected chi connectivity index (χ1v) is 7.10. The van der Waals surface area contributed by atoms with Crippen LogP contribution in [0.25, 0.3) is 0 Å². The van der Waals surface area contributed by atoms with E-state index >= 15 is 0 Å². The standard InChI is InChI=1S/C16H26N2O/c1-15(2,3)17-11-16(4,19)14-10-9-12-7-5-6-8-13(12)18-14/h5-8,14,17-19H,9-11H2,1-4H3. The molecule has 19 heavy (non-hydrogen) atoms. The Morgan fingerprint density at radius 1 is 1.26 bits per heavy atom. The summed E-state index contributed by atoms with van der Waals surface area (Å²) in [4.78, 5) is 0. The molecular formula is C16H26N2O. The first-order valence-electron chi connectivity index (χ1n) is 7.10. The lowest BCUT2D eigenvalue weighted by Crippen LogP contribution is -2.55. The third-order valence-corrected chi connectivity index (χ3v) is 3.78. The van der Waals surface area contributed by atoms with Gasteiger partial charge in [0.25, 0.3) is 0 Å². The molecule has 3 heteroatoms. The molecule has 0 aromatic heterocycles. The Bertz CT molecular complexity index is 435. The third kappa shape index (κ3) is 3.71. The smallest absolute Gasteiger partial charge is 0.0943 e. The largest absolute Gasteiger partial charge is 0.387 e. The van der Waals surface area contributed by atoms with E-state index in [9.17, 15) is 5.11 Å². The summed E-state index contributed by atoms with van der Waals surface area (Å²) in [7, 11) is 0. The maximum Gasteiger partial charge on any atom is 0.0943 e. The Morgan fingerprint density at radius 3 is 2.63 bits per heavy atom. The summed E-state index contributed by atoms with van der Waals surface area (Å²) in [5.74, 6) is 0. The molecule has 1 aliphatic heterocycles. The molecule has 2 atom stereocenters. The van der Waals surface area contributed by atoms with Gasteiger partial charge in [0.1, 0.15) is 0 Å². The molecule has 3 N–H and O–H groups in total. The Labute approximate surface area is 116 Å². The van der Waals surface area contributed by atoms with Crippen molar-refractivity contribution in [3.05, 3.63) is 29.8 Å². The molecule has 0 radical (unpaired) electrons. The normalized spacial score (nSPS) is 22.3. The van der Waals surface area contributed by atoms with Crippen molar-refractivity contribution in [2.75, 3.05) is 11.9 Å². The highest BCUT2D eigenvalue weighted by Crippen LogP contribution is 2.29. The van der Waals surface area contributed by atoms with Gasteiger partial charge >= 0.3 is 0 Å². The van der Waals surface area contributed by atoms with Crippen molar-refractivity contribution in [1.82, 2.24) is 5.32 Å². The molecule has 1 heterocycles. The van der Waals surface area contributed by atoms with E-state index in [2.05, 4.69) is 49.6 Å². The number of hydrogen-bond acceptors (Lipinski definition) is 3. The highest BCUT2D eigenvalue weighted by atomic mass is 16.3. The zero-order valence-corrected chi connectivity index (χ0v) is 12.5. The molecule has 2 rings (SSSR count). The lowest BCUT2D eigenvalue weighted by Gasteiger charge is -2.39. The van der Waals surface area contributed by atoms with Crippen LogP contribution in [0.2, 0.25) is 0 Å². The summed E-state index contributed by atoms with van der Waals surface area (Å²) in [6.45, 7) is 8.86. The number of fused-ring (bicyclic) bond motifs is 1. The second-order valence-electron chi connectivity index (χ2n) is 6.85. The van der Waals surface area contributed by atoms with Crippen LogP contribution in [0.15, 0.2) is 24.3 Å². The number of nitrogens with one attached hydrogen (secondary N) is 2. The minimum atomic E-state index is -0.749. The molecule has 1 aliphatic rings. The van der Waals surface area contributed by atoms with E-state index in [1.165, 1.54) is 5.56 Å². The number of benzene rings is 1. The first-order chi connectivity index (χ1) is 8.78. The van der Waals surface area contributed by atoms with Crippen LogP contribution in [0, 0.1) is 0 Å². The monoisotopic (exact) mass is 262 g/mol. The van der Waals surface area contributed by atoms with Gasteiger partial charge in [0.05, 0.1) is 11.6 Å². The molecule has 2 unspecified atom stereocenters. The van der Waals surface area contributed by atoms with Crippen LogP contribution >= 0.6 is 0 Å². The SMILES string of the molecule is CC(C)(C)NCC(C)(O)C1CCc2ccccc2N1. The quantitative estimate of drug-likeness (QED) is 0.784. The topological polar surface area (TPSA) is 44.3 Å². The zero-order valence-electron chi connectivity index (χ0n) is 12.5. The summed E-state index contributed by atoms with van der Waals surface area (Å²) in [6.07, 6.45) is 2.00. The molecule has 0 aliphatic carbocycles. The fourth-order valence-corrected chi connectivity index (χ4v) is 2.47. The van der Waals surface area contributed by atoms with Crippen molar-refractivity contribution in [1.29, 1.82) is 0 Å². The van der Waals surface area contributed by atoms with Gasteiger partial charge in [0.2, 0.25) is 0 Å². The molecule has 1 aromatic rings. The van der Waals surface area contributed by atoms with Gasteiger partial charge in [-0.1, -0.05) is 18.2 Å². The number of anilines is 1. The highest BCUT2D eigenvalue weighted by molar-refractivity contribution is 5.54. The molecule has 0 saturated heterocycles. The number of rotatable bonds is 3. The van der Waals surface area contributed by atoms with E-state index in [0.717, 1.165) is 18.5 Å². The predicted octanol–water partition coefficient (Wildman–Crippen LogP) is 2.55. The van der Waals surface area contributed by atoms with E-state index < -0.39 is 5.60 Å². The zero-order chi connectivity index (χ0) is 14.1. The van der Waals surface area contributed by atoms with Crippen molar-refractivity contribution >= 4 is 5.69 Å². The maximum absolute atomic E-state index is 10.7. The molecule has 0 amide bonds. The highest BCUT2D eigenvalue weighted by Gasteiger charge is 2.34. The van der Waals surface area contributed by atoms with Gasteiger partial charge in [-0.05, 0) is 52.2 Å². The molecule has 0 spiro atoms. The van der Waals surface area contributed by atoms with Crippen molar-refractivity contribution in [3.63, 3.8) is 0 Å². The van der Waals surface area contributed by atoms with Crippen molar-refractivity contribution in [3.8, 4) is 0 Å². The predicted molar refractivity (Wildman–Crippen MR) is 80.6 cm³/mol. The minimum absolute atomic E-state index is 0.0244. The second-order valence-corrected chi connectivity index (χ2v) is 6.85. The van der Waals surface area contributed by atoms with Crippen LogP contribution in [0.1, 0.15) is 39.7 Å². The summed E-state index contributed by atoms with van der Waals surface area (Å²) in [6, 6.07) is 8.45. The average molecular weight is 262 g/mol. The molecular weight excluding hydrogens is 236 g/mol. The van der Waals surface area contributed by atoms with Crippen molar-refractivity contribution in [2.24, 2.45) is 0 Å². The summed E-state index contributed by atoms with van der Waals surface area (Å²) in [5.41, 5.74) is 1.78. The van der Waals surface area contributed by atoms with Gasteiger partial charge in [-0.3, -0.25) is 0 Å². The third-order valence-electron chi connectivity index (χ3n) is 3.78. The van der Waals surface area contributed by atoms with Crippen LogP contribution in [0.3, 0.4) is 0 Å². The van der Waals surface area contributed by atoms with Crippen molar-refractivity contribution < 1.29 is 5.11 Å². The van der Waals surface area contributed by atoms with E-state index in [1.54, 1.807) is 0 Å². The van der Waals surface area contributed by atoms with Gasteiger partial charge in [-0.2, -0.15) is 0 Å². The Morgan fingerprint density at radius 2 is 1.95 bits per heavy atom. The fourth-order valence-electron chi connectivity index (χ4n) is 2.47. The number of aliphatic hydroxyl groups is 1. The first kappa shape index (κ1) is 14.4. The van der Waals surface area contributed by atoms with Crippen LogP contribution in [0.5, 0.6) is 0 Å². The van der Waals surface area contributed by atoms with Crippen LogP contribution in [0.4, 0.5) is 5.69 Å². The summed E-state index contributed by atoms with van der Waals surface area (Å²) < 4.78 is 0. The van der Waals surface area contributed by atoms with E-state index in [1.807, 2.05) is 13.0 Å². The van der Waals surface area contributed by atoms with Gasteiger partial charge in [0, 0.05) is 17.8 Å². The minimum Gasteiger partial charge on any atom is -0.387 e. The lowest BCUT2D eigenvalue weighted by atomic mass is 9.86. The number of β-amino-alcohol motifs (C(OH)–C–C–N with tert-alkyl or cyclic N) is 1. The van der Waals surface area contributed by atoms with E-state index in [-0.39, 0.29) is 11.6 Å². The van der Waals surface area contributed by atoms with E-state index in [4.69, 9.17) is 0 Å². The van der Waals surface area contributed by atoms with Gasteiger partial charge < -0.3 is 15.7 Å².